The van der Waals surface area contributed by atoms with Gasteiger partial charge in [-0.3, -0.25) is 14.4 Å². The van der Waals surface area contributed by atoms with Crippen LogP contribution in [0.1, 0.15) is 13.3 Å². The van der Waals surface area contributed by atoms with Gasteiger partial charge in [0.15, 0.2) is 6.61 Å². The molecule has 9 heteroatoms. The Morgan fingerprint density at radius 1 is 1.19 bits per heavy atom. The van der Waals surface area contributed by atoms with E-state index in [1.165, 1.54) is 0 Å². The monoisotopic (exact) mass is 445 g/mol. The lowest BCUT2D eigenvalue weighted by atomic mass is 10.1. The molecule has 1 aliphatic rings. The molecule has 0 aromatic heterocycles. The molecule has 1 heterocycles. The first-order valence-electron chi connectivity index (χ1n) is 9.86. The molecule has 3 amide bonds. The Balaban J connectivity index is 1.50. The summed E-state index contributed by atoms with van der Waals surface area (Å²) in [6, 6.07) is 13.5. The van der Waals surface area contributed by atoms with E-state index < -0.39 is 12.0 Å². The molecule has 0 spiro atoms. The summed E-state index contributed by atoms with van der Waals surface area (Å²) in [7, 11) is 0. The van der Waals surface area contributed by atoms with Crippen LogP contribution in [0, 0.1) is 5.92 Å². The van der Waals surface area contributed by atoms with E-state index in [-0.39, 0.29) is 43.8 Å². The van der Waals surface area contributed by atoms with Gasteiger partial charge in [-0.25, -0.2) is 0 Å². The van der Waals surface area contributed by atoms with Crippen LogP contribution in [0.2, 0.25) is 5.02 Å². The molecule has 2 atom stereocenters. The van der Waals surface area contributed by atoms with E-state index >= 15 is 0 Å². The summed E-state index contributed by atoms with van der Waals surface area (Å²) >= 11 is 5.82. The zero-order valence-corrected chi connectivity index (χ0v) is 17.8. The highest BCUT2D eigenvalue weighted by atomic mass is 35.5. The Morgan fingerprint density at radius 3 is 2.52 bits per heavy atom. The number of aliphatic hydroxyl groups is 1. The molecule has 3 rings (SSSR count). The molecule has 2 aromatic carbocycles. The number of carbonyl (C=O) groups is 3. The summed E-state index contributed by atoms with van der Waals surface area (Å²) in [6.07, 6.45) is -0.521. The molecule has 3 N–H and O–H groups in total. The molecule has 0 radical (unpaired) electrons. The van der Waals surface area contributed by atoms with E-state index in [1.54, 1.807) is 60.4 Å². The number of hydrogen-bond donors (Lipinski definition) is 3. The fourth-order valence-corrected chi connectivity index (χ4v) is 3.25. The van der Waals surface area contributed by atoms with Gasteiger partial charge in [-0.05, 0) is 55.5 Å². The normalized spacial score (nSPS) is 16.7. The maximum atomic E-state index is 12.3. The summed E-state index contributed by atoms with van der Waals surface area (Å²) in [5.74, 6) is -0.685. The average molecular weight is 446 g/mol. The van der Waals surface area contributed by atoms with Gasteiger partial charge in [0.2, 0.25) is 11.8 Å². The molecule has 1 saturated heterocycles. The highest BCUT2D eigenvalue weighted by molar-refractivity contribution is 6.30. The lowest BCUT2D eigenvalue weighted by Crippen LogP contribution is -2.36. The third-order valence-electron chi connectivity index (χ3n) is 4.71. The van der Waals surface area contributed by atoms with E-state index in [9.17, 15) is 19.5 Å². The van der Waals surface area contributed by atoms with Crippen molar-refractivity contribution < 1.29 is 24.2 Å². The number of hydrogen-bond acceptors (Lipinski definition) is 5. The number of rotatable bonds is 8. The minimum absolute atomic E-state index is 0.120. The van der Waals surface area contributed by atoms with Gasteiger partial charge < -0.3 is 25.4 Å². The highest BCUT2D eigenvalue weighted by Gasteiger charge is 2.35. The SMILES string of the molecule is C[C@H](O)CNC(=O)[C@H]1CC(=O)N(c2ccc(OCC(=O)Nc3ccc(Cl)cc3)cc2)C1. The van der Waals surface area contributed by atoms with Crippen LogP contribution < -0.4 is 20.3 Å². The average Bonchev–Trinajstić information content (AvgIpc) is 3.14. The lowest BCUT2D eigenvalue weighted by Gasteiger charge is -2.17. The minimum atomic E-state index is -0.641. The standard InChI is InChI=1S/C22H24ClN3O5/c1-14(27)11-24-22(30)15-10-21(29)26(12-15)18-6-8-19(9-7-18)31-13-20(28)25-17-4-2-16(23)3-5-17/h2-9,14-15,27H,10-13H2,1H3,(H,24,30)(H,25,28)/t14-,15-/m0/s1. The maximum absolute atomic E-state index is 12.3. The minimum Gasteiger partial charge on any atom is -0.484 e. The van der Waals surface area contributed by atoms with Crippen molar-refractivity contribution >= 4 is 40.7 Å². The van der Waals surface area contributed by atoms with Crippen molar-refractivity contribution in [1.29, 1.82) is 0 Å². The van der Waals surface area contributed by atoms with Gasteiger partial charge in [-0.15, -0.1) is 0 Å². The highest BCUT2D eigenvalue weighted by Crippen LogP contribution is 2.27. The molecule has 1 aliphatic heterocycles. The van der Waals surface area contributed by atoms with Crippen LogP contribution in [0.5, 0.6) is 5.75 Å². The zero-order chi connectivity index (χ0) is 22.4. The van der Waals surface area contributed by atoms with Crippen molar-refractivity contribution in [2.75, 3.05) is 29.9 Å². The van der Waals surface area contributed by atoms with Crippen LogP contribution in [-0.4, -0.2) is 48.6 Å². The summed E-state index contributed by atoms with van der Waals surface area (Å²) in [6.45, 7) is 1.84. The van der Waals surface area contributed by atoms with Crippen LogP contribution in [-0.2, 0) is 14.4 Å². The number of ether oxygens (including phenoxy) is 1. The van der Waals surface area contributed by atoms with E-state index in [0.29, 0.717) is 22.1 Å². The number of aliphatic hydroxyl groups excluding tert-OH is 1. The van der Waals surface area contributed by atoms with Gasteiger partial charge in [-0.1, -0.05) is 11.6 Å². The fourth-order valence-electron chi connectivity index (χ4n) is 3.13. The number of nitrogens with zero attached hydrogens (tertiary/aromatic N) is 1. The van der Waals surface area contributed by atoms with Crippen LogP contribution in [0.15, 0.2) is 48.5 Å². The second-order valence-electron chi connectivity index (χ2n) is 7.34. The molecule has 0 unspecified atom stereocenters. The Bertz CT molecular complexity index is 931. The first-order valence-corrected chi connectivity index (χ1v) is 10.2. The number of benzene rings is 2. The van der Waals surface area contributed by atoms with Gasteiger partial charge >= 0.3 is 0 Å². The van der Waals surface area contributed by atoms with Crippen LogP contribution in [0.4, 0.5) is 11.4 Å². The lowest BCUT2D eigenvalue weighted by molar-refractivity contribution is -0.126. The number of carbonyl (C=O) groups excluding carboxylic acids is 3. The number of anilines is 2. The summed E-state index contributed by atoms with van der Waals surface area (Å²) in [5.41, 5.74) is 1.27. The van der Waals surface area contributed by atoms with Gasteiger partial charge in [0.1, 0.15) is 5.75 Å². The summed E-state index contributed by atoms with van der Waals surface area (Å²) in [4.78, 5) is 38.0. The van der Waals surface area contributed by atoms with Crippen LogP contribution >= 0.6 is 11.6 Å². The topological polar surface area (TPSA) is 108 Å². The number of halogens is 1. The van der Waals surface area contributed by atoms with Crippen molar-refractivity contribution in [1.82, 2.24) is 5.32 Å². The fraction of sp³-hybridized carbons (Fsp3) is 0.318. The Morgan fingerprint density at radius 2 is 1.87 bits per heavy atom. The van der Waals surface area contributed by atoms with Crippen LogP contribution in [0.25, 0.3) is 0 Å². The van der Waals surface area contributed by atoms with Gasteiger partial charge in [0, 0.05) is 35.9 Å². The molecular formula is C22H24ClN3O5. The Labute approximate surface area is 185 Å². The van der Waals surface area contributed by atoms with E-state index in [1.807, 2.05) is 0 Å². The Hall–Kier alpha value is -3.10. The maximum Gasteiger partial charge on any atom is 0.262 e. The van der Waals surface area contributed by atoms with Gasteiger partial charge in [0.25, 0.3) is 5.91 Å². The molecule has 164 valence electrons. The second kappa shape index (κ2) is 10.3. The van der Waals surface area contributed by atoms with Crippen molar-refractivity contribution in [3.8, 4) is 5.75 Å². The van der Waals surface area contributed by atoms with Gasteiger partial charge in [0.05, 0.1) is 12.0 Å². The quantitative estimate of drug-likeness (QED) is 0.577. The molecule has 0 saturated carbocycles. The predicted molar refractivity (Wildman–Crippen MR) is 117 cm³/mol. The van der Waals surface area contributed by atoms with Crippen molar-refractivity contribution in [2.24, 2.45) is 5.92 Å². The first-order chi connectivity index (χ1) is 14.8. The smallest absolute Gasteiger partial charge is 0.262 e. The third kappa shape index (κ3) is 6.44. The molecule has 31 heavy (non-hydrogen) atoms. The first kappa shape index (κ1) is 22.6. The van der Waals surface area contributed by atoms with Crippen molar-refractivity contribution in [3.63, 3.8) is 0 Å². The van der Waals surface area contributed by atoms with Crippen LogP contribution in [0.3, 0.4) is 0 Å². The molecule has 2 aromatic rings. The summed E-state index contributed by atoms with van der Waals surface area (Å²) in [5, 5.41) is 15.2. The van der Waals surface area contributed by atoms with Gasteiger partial charge in [-0.2, -0.15) is 0 Å². The number of amides is 3. The zero-order valence-electron chi connectivity index (χ0n) is 17.0. The van der Waals surface area contributed by atoms with Crippen molar-refractivity contribution in [3.05, 3.63) is 53.6 Å². The molecule has 1 fully saturated rings. The Kier molecular flexibility index (Phi) is 7.49. The van der Waals surface area contributed by atoms with Crippen molar-refractivity contribution in [2.45, 2.75) is 19.4 Å². The van der Waals surface area contributed by atoms with E-state index in [2.05, 4.69) is 10.6 Å². The molecule has 8 nitrogen and oxygen atoms in total. The number of nitrogens with one attached hydrogen (secondary N) is 2. The third-order valence-corrected chi connectivity index (χ3v) is 4.97. The van der Waals surface area contributed by atoms with E-state index in [4.69, 9.17) is 16.3 Å². The second-order valence-corrected chi connectivity index (χ2v) is 7.77. The largest absolute Gasteiger partial charge is 0.484 e. The predicted octanol–water partition coefficient (Wildman–Crippen LogP) is 2.21. The molecule has 0 bridgehead atoms. The molecular weight excluding hydrogens is 422 g/mol. The summed E-state index contributed by atoms with van der Waals surface area (Å²) < 4.78 is 5.49. The molecule has 0 aliphatic carbocycles. The van der Waals surface area contributed by atoms with E-state index in [0.717, 1.165) is 0 Å².